The molecule has 11 nitrogen and oxygen atoms in total. The minimum atomic E-state index is -0.211. The molecular formula is C62H120N2O9. The quantitative estimate of drug-likeness (QED) is 0.0355. The van der Waals surface area contributed by atoms with Gasteiger partial charge in [-0.1, -0.05) is 195 Å². The second-order valence-corrected chi connectivity index (χ2v) is 21.5. The second-order valence-electron chi connectivity index (χ2n) is 21.5. The number of carbonyl (C=O) groups excluding carboxylic acids is 4. The van der Waals surface area contributed by atoms with Gasteiger partial charge in [-0.3, -0.25) is 19.2 Å². The highest BCUT2D eigenvalue weighted by Gasteiger charge is 2.21. The molecule has 0 amide bonds. The number of aliphatic hydroxyl groups is 1. The van der Waals surface area contributed by atoms with Gasteiger partial charge in [0, 0.05) is 19.7 Å². The number of hydrogen-bond acceptors (Lipinski definition) is 11. The maximum Gasteiger partial charge on any atom is 0.308 e. The van der Waals surface area contributed by atoms with Gasteiger partial charge < -0.3 is 33.9 Å². The van der Waals surface area contributed by atoms with E-state index < -0.39 is 0 Å². The topological polar surface area (TPSA) is 132 Å². The molecule has 0 saturated heterocycles. The Bertz CT molecular complexity index is 1220. The lowest BCUT2D eigenvalue weighted by atomic mass is 9.94. The standard InChI is InChI=1S/C62H120N2O9/c1-6-11-16-20-22-30-42-57(40-28-18-13-8-3)61(68)72-55-36-26-24-32-47-63(46-15-10-5)50-44-59(66)70-53-38-39-54-71-60(67)45-51-64(49-34-35-52-65)48-33-25-27-37-56-73-62(69)58(41-29-19-14-9-4)43-31-23-21-17-12-7-2/h57-58,65H,6-56H2,1-5H3. The van der Waals surface area contributed by atoms with E-state index in [1.807, 2.05) is 0 Å². The highest BCUT2D eigenvalue weighted by Crippen LogP contribution is 2.23. The third-order valence-electron chi connectivity index (χ3n) is 14.6. The zero-order chi connectivity index (χ0) is 53.5. The first-order valence-electron chi connectivity index (χ1n) is 31.5. The van der Waals surface area contributed by atoms with Gasteiger partial charge >= 0.3 is 23.9 Å². The van der Waals surface area contributed by atoms with Gasteiger partial charge in [-0.05, 0) is 110 Å². The molecule has 0 saturated carbocycles. The lowest BCUT2D eigenvalue weighted by molar-refractivity contribution is -0.150. The van der Waals surface area contributed by atoms with Crippen molar-refractivity contribution in [1.82, 2.24) is 9.80 Å². The summed E-state index contributed by atoms with van der Waals surface area (Å²) >= 11 is 0. The molecule has 0 bridgehead atoms. The summed E-state index contributed by atoms with van der Waals surface area (Å²) in [5, 5.41) is 9.34. The van der Waals surface area contributed by atoms with Crippen LogP contribution in [0.25, 0.3) is 0 Å². The van der Waals surface area contributed by atoms with Gasteiger partial charge in [-0.2, -0.15) is 0 Å². The number of esters is 4. The van der Waals surface area contributed by atoms with Gasteiger partial charge in [0.05, 0.1) is 51.1 Å². The molecule has 0 aromatic rings. The van der Waals surface area contributed by atoms with Gasteiger partial charge in [0.2, 0.25) is 0 Å². The molecule has 432 valence electrons. The number of rotatable bonds is 58. The number of ether oxygens (including phenoxy) is 4. The van der Waals surface area contributed by atoms with E-state index in [1.54, 1.807) is 0 Å². The van der Waals surface area contributed by atoms with Crippen molar-refractivity contribution >= 4 is 23.9 Å². The summed E-state index contributed by atoms with van der Waals surface area (Å²) in [4.78, 5) is 56.0. The van der Waals surface area contributed by atoms with Crippen molar-refractivity contribution in [3.05, 3.63) is 0 Å². The maximum absolute atomic E-state index is 13.0. The van der Waals surface area contributed by atoms with Crippen molar-refractivity contribution in [1.29, 1.82) is 0 Å². The van der Waals surface area contributed by atoms with Gasteiger partial charge in [0.15, 0.2) is 0 Å². The Morgan fingerprint density at radius 3 is 0.959 bits per heavy atom. The number of hydrogen-bond donors (Lipinski definition) is 1. The number of nitrogens with zero attached hydrogens (tertiary/aromatic N) is 2. The minimum absolute atomic E-state index is 0.00727. The van der Waals surface area contributed by atoms with Crippen molar-refractivity contribution in [2.75, 3.05) is 72.3 Å². The molecule has 0 rings (SSSR count). The largest absolute Gasteiger partial charge is 0.466 e. The monoisotopic (exact) mass is 1040 g/mol. The first kappa shape index (κ1) is 70.8. The number of aliphatic hydroxyl groups excluding tert-OH is 1. The Hall–Kier alpha value is -2.24. The molecule has 73 heavy (non-hydrogen) atoms. The predicted octanol–water partition coefficient (Wildman–Crippen LogP) is 15.7. The molecule has 0 spiro atoms. The van der Waals surface area contributed by atoms with Crippen LogP contribution in [0.5, 0.6) is 0 Å². The third-order valence-corrected chi connectivity index (χ3v) is 14.6. The summed E-state index contributed by atoms with van der Waals surface area (Å²) in [5.41, 5.74) is 0. The Morgan fingerprint density at radius 2 is 0.589 bits per heavy atom. The van der Waals surface area contributed by atoms with E-state index in [1.165, 1.54) is 103 Å². The van der Waals surface area contributed by atoms with Crippen LogP contribution in [0.4, 0.5) is 0 Å². The summed E-state index contributed by atoms with van der Waals surface area (Å²) in [5.74, 6) is -0.261. The normalized spacial score (nSPS) is 12.4. The molecule has 0 aliphatic heterocycles. The summed E-state index contributed by atoms with van der Waals surface area (Å²) in [6.45, 7) is 17.9. The Morgan fingerprint density at radius 1 is 0.315 bits per heavy atom. The zero-order valence-corrected chi connectivity index (χ0v) is 48.8. The van der Waals surface area contributed by atoms with Crippen LogP contribution in [-0.4, -0.2) is 111 Å². The highest BCUT2D eigenvalue weighted by atomic mass is 16.5. The van der Waals surface area contributed by atoms with Crippen molar-refractivity contribution in [2.24, 2.45) is 11.8 Å². The molecular weight excluding hydrogens is 917 g/mol. The van der Waals surface area contributed by atoms with Crippen LogP contribution in [-0.2, 0) is 38.1 Å². The Kier molecular flexibility index (Phi) is 54.3. The molecule has 0 aliphatic carbocycles. The van der Waals surface area contributed by atoms with E-state index in [0.29, 0.717) is 65.2 Å². The minimum Gasteiger partial charge on any atom is -0.466 e. The molecule has 0 fully saturated rings. The average Bonchev–Trinajstić information content (AvgIpc) is 3.39. The molecule has 0 aromatic carbocycles. The van der Waals surface area contributed by atoms with Crippen LogP contribution in [0, 0.1) is 11.8 Å². The summed E-state index contributed by atoms with van der Waals surface area (Å²) in [6.07, 6.45) is 42.1. The number of carbonyl (C=O) groups is 4. The van der Waals surface area contributed by atoms with Crippen molar-refractivity contribution in [2.45, 2.75) is 291 Å². The van der Waals surface area contributed by atoms with Crippen molar-refractivity contribution in [3.8, 4) is 0 Å². The smallest absolute Gasteiger partial charge is 0.308 e. The van der Waals surface area contributed by atoms with E-state index in [2.05, 4.69) is 44.4 Å². The predicted molar refractivity (Wildman–Crippen MR) is 304 cm³/mol. The fourth-order valence-corrected chi connectivity index (χ4v) is 9.62. The first-order chi connectivity index (χ1) is 35.8. The highest BCUT2D eigenvalue weighted by molar-refractivity contribution is 5.72. The fraction of sp³-hybridized carbons (Fsp3) is 0.935. The molecule has 1 N–H and O–H groups in total. The Balaban J connectivity index is 4.38. The average molecular weight is 1040 g/mol. The van der Waals surface area contributed by atoms with E-state index in [0.717, 1.165) is 155 Å². The molecule has 0 aromatic heterocycles. The fourth-order valence-electron chi connectivity index (χ4n) is 9.62. The summed E-state index contributed by atoms with van der Waals surface area (Å²) in [7, 11) is 0. The van der Waals surface area contributed by atoms with E-state index in [9.17, 15) is 24.3 Å². The molecule has 0 aliphatic rings. The van der Waals surface area contributed by atoms with Gasteiger partial charge in [-0.25, -0.2) is 0 Å². The zero-order valence-electron chi connectivity index (χ0n) is 48.8. The Labute approximate surface area is 450 Å². The molecule has 2 unspecified atom stereocenters. The SMILES string of the molecule is CCCCCCCCC(CCCCCC)C(=O)OCCCCCCN(CCCC)CCC(=O)OCCCCOC(=O)CCN(CCCCO)CCCCCCOC(=O)C(CCCCCC)CCCCCCCC. The molecule has 2 atom stereocenters. The van der Waals surface area contributed by atoms with Gasteiger partial charge in [0.25, 0.3) is 0 Å². The van der Waals surface area contributed by atoms with Crippen LogP contribution in [0.2, 0.25) is 0 Å². The van der Waals surface area contributed by atoms with Crippen LogP contribution in [0.15, 0.2) is 0 Å². The van der Waals surface area contributed by atoms with Gasteiger partial charge in [-0.15, -0.1) is 0 Å². The second kappa shape index (κ2) is 56.0. The van der Waals surface area contributed by atoms with Crippen molar-refractivity contribution < 1.29 is 43.2 Å². The third kappa shape index (κ3) is 47.9. The van der Waals surface area contributed by atoms with E-state index in [-0.39, 0.29) is 42.3 Å². The molecule has 11 heteroatoms. The van der Waals surface area contributed by atoms with E-state index in [4.69, 9.17) is 18.9 Å². The summed E-state index contributed by atoms with van der Waals surface area (Å²) in [6, 6.07) is 0. The maximum atomic E-state index is 13.0. The van der Waals surface area contributed by atoms with Crippen molar-refractivity contribution in [3.63, 3.8) is 0 Å². The number of unbranched alkanes of at least 4 members (excludes halogenated alkanes) is 25. The lowest BCUT2D eigenvalue weighted by Crippen LogP contribution is -2.29. The molecule has 0 radical (unpaired) electrons. The summed E-state index contributed by atoms with van der Waals surface area (Å²) < 4.78 is 22.7. The van der Waals surface area contributed by atoms with Crippen LogP contribution < -0.4 is 0 Å². The van der Waals surface area contributed by atoms with Gasteiger partial charge in [0.1, 0.15) is 0 Å². The van der Waals surface area contributed by atoms with Crippen LogP contribution in [0.3, 0.4) is 0 Å². The van der Waals surface area contributed by atoms with Crippen LogP contribution in [0.1, 0.15) is 291 Å². The lowest BCUT2D eigenvalue weighted by Gasteiger charge is -2.22. The van der Waals surface area contributed by atoms with E-state index >= 15 is 0 Å². The molecule has 0 heterocycles. The van der Waals surface area contributed by atoms with Crippen LogP contribution >= 0.6 is 0 Å². The first-order valence-corrected chi connectivity index (χ1v) is 31.5.